The first-order chi connectivity index (χ1) is 9.34. The van der Waals surface area contributed by atoms with Gasteiger partial charge in [0.15, 0.2) is 5.78 Å². The molecule has 1 aliphatic heterocycles. The molecule has 0 radical (unpaired) electrons. The fourth-order valence-corrected chi connectivity index (χ4v) is 2.59. The number of hydrogen-bond donors (Lipinski definition) is 1. The van der Waals surface area contributed by atoms with E-state index >= 15 is 0 Å². The molecule has 2 rings (SSSR count). The van der Waals surface area contributed by atoms with Crippen LogP contribution in [0.1, 0.15) is 31.1 Å². The van der Waals surface area contributed by atoms with Gasteiger partial charge in [0.2, 0.25) is 5.91 Å². The minimum atomic E-state index is -0.729. The summed E-state index contributed by atoms with van der Waals surface area (Å²) in [6, 6.07) is 5.07. The zero-order valence-corrected chi connectivity index (χ0v) is 11.9. The van der Waals surface area contributed by atoms with Gasteiger partial charge in [0.25, 0.3) is 0 Å². The van der Waals surface area contributed by atoms with E-state index in [0.717, 1.165) is 0 Å². The first-order valence-electron chi connectivity index (χ1n) is 6.69. The molecule has 1 aromatic rings. The van der Waals surface area contributed by atoms with Crippen molar-refractivity contribution in [1.82, 2.24) is 10.2 Å². The number of Topliss-reactive ketones (excluding diaryl/α,β-unsaturated/α-hetero) is 1. The minimum absolute atomic E-state index is 0.0810. The zero-order valence-electron chi connectivity index (χ0n) is 11.9. The Morgan fingerprint density at radius 1 is 1.35 bits per heavy atom. The number of ketones is 1. The molecule has 0 aliphatic carbocycles. The Labute approximate surface area is 118 Å². The summed E-state index contributed by atoms with van der Waals surface area (Å²) in [5.74, 6) is -0.554. The predicted molar refractivity (Wildman–Crippen MR) is 74.0 cm³/mol. The molecule has 5 heteroatoms. The van der Waals surface area contributed by atoms with E-state index in [1.165, 1.54) is 24.3 Å². The lowest BCUT2D eigenvalue weighted by molar-refractivity contribution is -0.135. The van der Waals surface area contributed by atoms with Crippen LogP contribution in [-0.2, 0) is 4.79 Å². The van der Waals surface area contributed by atoms with Crippen molar-refractivity contribution in [3.05, 3.63) is 35.6 Å². The number of hydrogen-bond acceptors (Lipinski definition) is 3. The molecule has 0 aromatic heterocycles. The Kier molecular flexibility index (Phi) is 3.90. The van der Waals surface area contributed by atoms with Crippen molar-refractivity contribution in [1.29, 1.82) is 0 Å². The molecule has 4 nitrogen and oxygen atoms in total. The van der Waals surface area contributed by atoms with Gasteiger partial charge in [-0.05, 0) is 45.0 Å². The third-order valence-electron chi connectivity index (χ3n) is 3.89. The van der Waals surface area contributed by atoms with Crippen molar-refractivity contribution in [2.45, 2.75) is 32.4 Å². The summed E-state index contributed by atoms with van der Waals surface area (Å²) in [7, 11) is 0. The maximum atomic E-state index is 12.9. The van der Waals surface area contributed by atoms with E-state index in [2.05, 4.69) is 5.32 Å². The lowest BCUT2D eigenvalue weighted by atomic mass is 9.94. The number of nitrogens with zero attached hydrogens (tertiary/aromatic N) is 1. The predicted octanol–water partition coefficient (Wildman–Crippen LogP) is 1.61. The second-order valence-corrected chi connectivity index (χ2v) is 5.56. The van der Waals surface area contributed by atoms with Crippen molar-refractivity contribution in [2.24, 2.45) is 0 Å². The third kappa shape index (κ3) is 2.58. The summed E-state index contributed by atoms with van der Waals surface area (Å²) in [4.78, 5) is 26.3. The van der Waals surface area contributed by atoms with Gasteiger partial charge in [-0.25, -0.2) is 4.39 Å². The van der Waals surface area contributed by atoms with Crippen LogP contribution in [0.4, 0.5) is 4.39 Å². The maximum Gasteiger partial charge on any atom is 0.240 e. The van der Waals surface area contributed by atoms with Gasteiger partial charge in [0.05, 0.1) is 11.6 Å². The molecule has 1 aromatic carbocycles. The van der Waals surface area contributed by atoms with Crippen molar-refractivity contribution in [3.63, 3.8) is 0 Å². The van der Waals surface area contributed by atoms with Crippen LogP contribution in [0.3, 0.4) is 0 Å². The van der Waals surface area contributed by atoms with Gasteiger partial charge in [0, 0.05) is 18.7 Å². The average Bonchev–Trinajstić information content (AvgIpc) is 2.41. The van der Waals surface area contributed by atoms with Crippen LogP contribution >= 0.6 is 0 Å². The Bertz CT molecular complexity index is 525. The minimum Gasteiger partial charge on any atom is -0.353 e. The Hall–Kier alpha value is -1.75. The van der Waals surface area contributed by atoms with E-state index in [-0.39, 0.29) is 17.5 Å². The number of carbonyl (C=O) groups is 2. The number of carbonyl (C=O) groups excluding carboxylic acids is 2. The number of piperazine rings is 1. The highest BCUT2D eigenvalue weighted by atomic mass is 19.1. The molecular formula is C15H19FN2O2. The van der Waals surface area contributed by atoms with E-state index in [0.29, 0.717) is 18.7 Å². The monoisotopic (exact) mass is 278 g/mol. The SMILES string of the molecule is CC(C(=O)c1ccc(F)cc1)N1CCNC(=O)C1(C)C. The number of rotatable bonds is 3. The summed E-state index contributed by atoms with van der Waals surface area (Å²) in [5.41, 5.74) is -0.270. The zero-order chi connectivity index (χ0) is 14.9. The largest absolute Gasteiger partial charge is 0.353 e. The van der Waals surface area contributed by atoms with Crippen LogP contribution in [0.25, 0.3) is 0 Å². The van der Waals surface area contributed by atoms with E-state index in [1.807, 2.05) is 4.90 Å². The van der Waals surface area contributed by atoms with Crippen LogP contribution in [0.15, 0.2) is 24.3 Å². The van der Waals surface area contributed by atoms with Gasteiger partial charge < -0.3 is 5.32 Å². The molecule has 108 valence electrons. The Morgan fingerprint density at radius 3 is 2.55 bits per heavy atom. The maximum absolute atomic E-state index is 12.9. The second kappa shape index (κ2) is 5.32. The molecule has 1 unspecified atom stereocenters. The van der Waals surface area contributed by atoms with Crippen LogP contribution in [0.2, 0.25) is 0 Å². The molecule has 1 aliphatic rings. The van der Waals surface area contributed by atoms with Crippen LogP contribution < -0.4 is 5.32 Å². The summed E-state index contributed by atoms with van der Waals surface area (Å²) >= 11 is 0. The number of amides is 1. The quantitative estimate of drug-likeness (QED) is 0.855. The fraction of sp³-hybridized carbons (Fsp3) is 0.467. The summed E-state index contributed by atoms with van der Waals surface area (Å²) in [6.45, 7) is 6.54. The summed E-state index contributed by atoms with van der Waals surface area (Å²) < 4.78 is 12.9. The van der Waals surface area contributed by atoms with Gasteiger partial charge in [-0.2, -0.15) is 0 Å². The highest BCUT2D eigenvalue weighted by Gasteiger charge is 2.41. The van der Waals surface area contributed by atoms with Crippen molar-refractivity contribution < 1.29 is 14.0 Å². The van der Waals surface area contributed by atoms with Crippen molar-refractivity contribution in [2.75, 3.05) is 13.1 Å². The average molecular weight is 278 g/mol. The lowest BCUT2D eigenvalue weighted by Crippen LogP contribution is -2.65. The summed E-state index contributed by atoms with van der Waals surface area (Å²) in [6.07, 6.45) is 0. The van der Waals surface area contributed by atoms with Crippen LogP contribution in [0.5, 0.6) is 0 Å². The lowest BCUT2D eigenvalue weighted by Gasteiger charge is -2.44. The van der Waals surface area contributed by atoms with E-state index < -0.39 is 11.6 Å². The standard InChI is InChI=1S/C15H19FN2O2/c1-10(13(19)11-4-6-12(16)7-5-11)18-9-8-17-14(20)15(18,2)3/h4-7,10H,8-9H2,1-3H3,(H,17,20). The molecule has 1 fully saturated rings. The molecule has 0 bridgehead atoms. The Morgan fingerprint density at radius 2 is 1.95 bits per heavy atom. The van der Waals surface area contributed by atoms with Gasteiger partial charge in [-0.3, -0.25) is 14.5 Å². The van der Waals surface area contributed by atoms with E-state index in [9.17, 15) is 14.0 Å². The highest BCUT2D eigenvalue weighted by molar-refractivity contribution is 6.00. The molecule has 1 atom stereocenters. The van der Waals surface area contributed by atoms with Crippen LogP contribution in [0, 0.1) is 5.82 Å². The molecule has 0 saturated carbocycles. The van der Waals surface area contributed by atoms with Crippen LogP contribution in [-0.4, -0.2) is 41.3 Å². The molecule has 20 heavy (non-hydrogen) atoms. The highest BCUT2D eigenvalue weighted by Crippen LogP contribution is 2.22. The molecule has 1 heterocycles. The first-order valence-corrected chi connectivity index (χ1v) is 6.69. The van der Waals surface area contributed by atoms with Crippen molar-refractivity contribution in [3.8, 4) is 0 Å². The molecule has 1 N–H and O–H groups in total. The Balaban J connectivity index is 2.21. The number of nitrogens with one attached hydrogen (secondary N) is 1. The fourth-order valence-electron chi connectivity index (χ4n) is 2.59. The van der Waals surface area contributed by atoms with Gasteiger partial charge >= 0.3 is 0 Å². The molecule has 0 spiro atoms. The summed E-state index contributed by atoms with van der Waals surface area (Å²) in [5, 5.41) is 2.80. The number of halogens is 1. The number of benzene rings is 1. The van der Waals surface area contributed by atoms with E-state index in [1.54, 1.807) is 20.8 Å². The van der Waals surface area contributed by atoms with Gasteiger partial charge in [0.1, 0.15) is 5.82 Å². The smallest absolute Gasteiger partial charge is 0.240 e. The first kappa shape index (κ1) is 14.7. The molecular weight excluding hydrogens is 259 g/mol. The topological polar surface area (TPSA) is 49.4 Å². The second-order valence-electron chi connectivity index (χ2n) is 5.56. The normalized spacial score (nSPS) is 20.3. The molecule has 1 amide bonds. The van der Waals surface area contributed by atoms with E-state index in [4.69, 9.17) is 0 Å². The third-order valence-corrected chi connectivity index (χ3v) is 3.89. The molecule has 1 saturated heterocycles. The van der Waals surface area contributed by atoms with Crippen molar-refractivity contribution >= 4 is 11.7 Å². The van der Waals surface area contributed by atoms with Gasteiger partial charge in [-0.15, -0.1) is 0 Å². The van der Waals surface area contributed by atoms with Gasteiger partial charge in [-0.1, -0.05) is 0 Å².